The molecule has 0 aromatic rings. The van der Waals surface area contributed by atoms with E-state index in [2.05, 4.69) is 6.92 Å². The third-order valence-corrected chi connectivity index (χ3v) is 7.50. The van der Waals surface area contributed by atoms with Gasteiger partial charge < -0.3 is 14.6 Å². The molecule has 2 aliphatic carbocycles. The van der Waals surface area contributed by atoms with E-state index in [9.17, 15) is 19.1 Å². The summed E-state index contributed by atoms with van der Waals surface area (Å²) in [6.07, 6.45) is 3.80. The Morgan fingerprint density at radius 1 is 1.34 bits per heavy atom. The fraction of sp³-hybridized carbons (Fsp3) is 0.913. The van der Waals surface area contributed by atoms with Crippen molar-refractivity contribution in [1.82, 2.24) is 0 Å². The van der Waals surface area contributed by atoms with Crippen molar-refractivity contribution in [3.05, 3.63) is 0 Å². The molecule has 166 valence electrons. The van der Waals surface area contributed by atoms with Crippen LogP contribution in [-0.2, 0) is 19.1 Å². The van der Waals surface area contributed by atoms with Gasteiger partial charge in [0, 0.05) is 18.8 Å². The van der Waals surface area contributed by atoms with Crippen molar-refractivity contribution in [2.45, 2.75) is 109 Å². The summed E-state index contributed by atoms with van der Waals surface area (Å²) in [6, 6.07) is 0. The number of aliphatic hydroxyl groups is 1. The van der Waals surface area contributed by atoms with Gasteiger partial charge in [-0.3, -0.25) is 9.59 Å². The van der Waals surface area contributed by atoms with Crippen LogP contribution in [0.3, 0.4) is 0 Å². The minimum Gasteiger partial charge on any atom is -0.462 e. The zero-order valence-electron chi connectivity index (χ0n) is 18.1. The largest absolute Gasteiger partial charge is 0.462 e. The van der Waals surface area contributed by atoms with Crippen LogP contribution >= 0.6 is 0 Å². The Bertz CT molecular complexity index is 596. The molecule has 0 spiro atoms. The Morgan fingerprint density at radius 3 is 2.79 bits per heavy atom. The van der Waals surface area contributed by atoms with Gasteiger partial charge in [-0.05, 0) is 50.4 Å². The summed E-state index contributed by atoms with van der Waals surface area (Å²) in [4.78, 5) is 24.5. The number of alkyl halides is 1. The first-order valence-electron chi connectivity index (χ1n) is 11.5. The van der Waals surface area contributed by atoms with Crippen molar-refractivity contribution in [2.75, 3.05) is 0 Å². The van der Waals surface area contributed by atoms with Gasteiger partial charge in [0.05, 0.1) is 18.4 Å². The third kappa shape index (κ3) is 5.31. The highest BCUT2D eigenvalue weighted by Crippen LogP contribution is 2.52. The first kappa shape index (κ1) is 22.5. The maximum Gasteiger partial charge on any atom is 0.309 e. The minimum absolute atomic E-state index is 0.0272. The number of cyclic esters (lactones) is 1. The van der Waals surface area contributed by atoms with Crippen LogP contribution in [0, 0.1) is 23.7 Å². The maximum absolute atomic E-state index is 14.9. The summed E-state index contributed by atoms with van der Waals surface area (Å²) in [7, 11) is 0. The van der Waals surface area contributed by atoms with Crippen LogP contribution in [0.25, 0.3) is 0 Å². The molecule has 1 saturated heterocycles. The molecule has 0 aromatic carbocycles. The quantitative estimate of drug-likeness (QED) is 0.657. The number of esters is 2. The van der Waals surface area contributed by atoms with E-state index in [1.807, 2.05) is 13.8 Å². The lowest BCUT2D eigenvalue weighted by molar-refractivity contribution is -0.194. The van der Waals surface area contributed by atoms with E-state index in [-0.39, 0.29) is 36.6 Å². The highest BCUT2D eigenvalue weighted by molar-refractivity contribution is 5.72. The second-order valence-electron chi connectivity index (χ2n) is 9.86. The lowest BCUT2D eigenvalue weighted by Gasteiger charge is -2.52. The van der Waals surface area contributed by atoms with Crippen LogP contribution in [-0.4, -0.2) is 41.0 Å². The van der Waals surface area contributed by atoms with Gasteiger partial charge in [-0.15, -0.1) is 0 Å². The van der Waals surface area contributed by atoms with Gasteiger partial charge in [0.2, 0.25) is 0 Å². The lowest BCUT2D eigenvalue weighted by Crippen LogP contribution is -2.54. The van der Waals surface area contributed by atoms with E-state index in [0.717, 1.165) is 19.3 Å². The summed E-state index contributed by atoms with van der Waals surface area (Å²) in [5, 5.41) is 9.92. The first-order valence-corrected chi connectivity index (χ1v) is 11.5. The molecular formula is C23H37FO5. The van der Waals surface area contributed by atoms with E-state index in [0.29, 0.717) is 38.0 Å². The summed E-state index contributed by atoms with van der Waals surface area (Å²) < 4.78 is 26.5. The number of aliphatic hydroxyl groups excluding tert-OH is 1. The first-order chi connectivity index (χ1) is 13.7. The zero-order chi connectivity index (χ0) is 21.2. The molecular weight excluding hydrogens is 375 g/mol. The van der Waals surface area contributed by atoms with Crippen LogP contribution in [0.1, 0.15) is 85.0 Å². The average Bonchev–Trinajstić information content (AvgIpc) is 2.65. The SMILES string of the molecule is CC[C@H](C)C(=O)O[C@]1(CCC2C[C@H](O)CC(=O)O2)C[C@H](F)C[C@H]2CC[C@@H](C)C[C@@H]21. The summed E-state index contributed by atoms with van der Waals surface area (Å²) >= 11 is 0. The van der Waals surface area contributed by atoms with E-state index in [1.165, 1.54) is 0 Å². The van der Waals surface area contributed by atoms with Crippen LogP contribution in [0.5, 0.6) is 0 Å². The summed E-state index contributed by atoms with van der Waals surface area (Å²) in [6.45, 7) is 6.02. The number of halogens is 1. The Labute approximate surface area is 173 Å². The molecule has 1 aliphatic heterocycles. The van der Waals surface area contributed by atoms with Gasteiger partial charge in [-0.2, -0.15) is 0 Å². The molecule has 8 atom stereocenters. The van der Waals surface area contributed by atoms with Gasteiger partial charge in [0.15, 0.2) is 0 Å². The molecule has 0 bridgehead atoms. The van der Waals surface area contributed by atoms with Crippen molar-refractivity contribution in [2.24, 2.45) is 23.7 Å². The Balaban J connectivity index is 1.82. The Kier molecular flexibility index (Phi) is 7.23. The number of carbonyl (C=O) groups excluding carboxylic acids is 2. The van der Waals surface area contributed by atoms with Crippen LogP contribution < -0.4 is 0 Å². The lowest BCUT2D eigenvalue weighted by atomic mass is 9.59. The van der Waals surface area contributed by atoms with Crippen molar-refractivity contribution in [1.29, 1.82) is 0 Å². The topological polar surface area (TPSA) is 72.8 Å². The Hall–Kier alpha value is -1.17. The molecule has 6 heteroatoms. The third-order valence-electron chi connectivity index (χ3n) is 7.50. The molecule has 0 amide bonds. The normalized spacial score (nSPS) is 41.2. The van der Waals surface area contributed by atoms with Crippen molar-refractivity contribution < 1.29 is 28.6 Å². The van der Waals surface area contributed by atoms with E-state index < -0.39 is 29.9 Å². The van der Waals surface area contributed by atoms with Crippen molar-refractivity contribution in [3.8, 4) is 0 Å². The van der Waals surface area contributed by atoms with Crippen LogP contribution in [0.15, 0.2) is 0 Å². The van der Waals surface area contributed by atoms with E-state index >= 15 is 0 Å². The van der Waals surface area contributed by atoms with Gasteiger partial charge >= 0.3 is 11.9 Å². The number of carbonyl (C=O) groups is 2. The molecule has 0 aromatic heterocycles. The fourth-order valence-electron chi connectivity index (χ4n) is 5.67. The molecule has 2 saturated carbocycles. The fourth-order valence-corrected chi connectivity index (χ4v) is 5.67. The molecule has 3 aliphatic rings. The standard InChI is InChI=1S/C23H37FO5/c1-4-15(3)22(27)29-23(8-7-19-11-18(25)12-21(26)28-19)13-17(24)10-16-6-5-14(2)9-20(16)23/h14-20,25H,4-13H2,1-3H3/t14-,15+,16-,17-,18+,19?,20+,23-/m1/s1. The number of ether oxygens (including phenoxy) is 2. The number of rotatable bonds is 6. The minimum atomic E-state index is -0.978. The molecule has 29 heavy (non-hydrogen) atoms. The van der Waals surface area contributed by atoms with Gasteiger partial charge in [0.25, 0.3) is 0 Å². The van der Waals surface area contributed by atoms with Crippen molar-refractivity contribution >= 4 is 11.9 Å². The van der Waals surface area contributed by atoms with Gasteiger partial charge in [-0.25, -0.2) is 4.39 Å². The van der Waals surface area contributed by atoms with Gasteiger partial charge in [-0.1, -0.05) is 27.2 Å². The second-order valence-corrected chi connectivity index (χ2v) is 9.86. The second kappa shape index (κ2) is 9.32. The monoisotopic (exact) mass is 412 g/mol. The molecule has 3 fully saturated rings. The van der Waals surface area contributed by atoms with Gasteiger partial charge in [0.1, 0.15) is 17.9 Å². The molecule has 1 unspecified atom stereocenters. The zero-order valence-corrected chi connectivity index (χ0v) is 18.1. The molecule has 5 nitrogen and oxygen atoms in total. The molecule has 0 radical (unpaired) electrons. The van der Waals surface area contributed by atoms with E-state index in [1.54, 1.807) is 0 Å². The van der Waals surface area contributed by atoms with Crippen molar-refractivity contribution in [3.63, 3.8) is 0 Å². The van der Waals surface area contributed by atoms with Crippen LogP contribution in [0.4, 0.5) is 4.39 Å². The molecule has 3 rings (SSSR count). The summed E-state index contributed by atoms with van der Waals surface area (Å²) in [5.74, 6) is 0.0496. The predicted molar refractivity (Wildman–Crippen MR) is 107 cm³/mol. The number of fused-ring (bicyclic) bond motifs is 1. The Morgan fingerprint density at radius 2 is 2.10 bits per heavy atom. The predicted octanol–water partition coefficient (Wildman–Crippen LogP) is 4.35. The van der Waals surface area contributed by atoms with E-state index in [4.69, 9.17) is 9.47 Å². The highest BCUT2D eigenvalue weighted by Gasteiger charge is 2.53. The summed E-state index contributed by atoms with van der Waals surface area (Å²) in [5.41, 5.74) is -0.841. The highest BCUT2D eigenvalue weighted by atomic mass is 19.1. The number of hydrogen-bond donors (Lipinski definition) is 1. The smallest absolute Gasteiger partial charge is 0.309 e. The van der Waals surface area contributed by atoms with Crippen LogP contribution in [0.2, 0.25) is 0 Å². The average molecular weight is 413 g/mol. The molecule has 1 heterocycles. The number of hydrogen-bond acceptors (Lipinski definition) is 5. The molecule has 1 N–H and O–H groups in total. The maximum atomic E-state index is 14.9.